The van der Waals surface area contributed by atoms with Crippen LogP contribution < -0.4 is 10.5 Å². The number of hydrogen-bond acceptors (Lipinski definition) is 2. The highest BCUT2D eigenvalue weighted by molar-refractivity contribution is 5.40. The third kappa shape index (κ3) is 1.75. The maximum Gasteiger partial charge on any atom is 0.122 e. The Morgan fingerprint density at radius 3 is 2.71 bits per heavy atom. The van der Waals surface area contributed by atoms with E-state index >= 15 is 0 Å². The number of aryl methyl sites for hydroxylation is 1. The zero-order valence-corrected chi connectivity index (χ0v) is 8.79. The van der Waals surface area contributed by atoms with Crippen LogP contribution in [-0.4, -0.2) is 12.6 Å². The lowest BCUT2D eigenvalue weighted by atomic mass is 10.1. The summed E-state index contributed by atoms with van der Waals surface area (Å²) < 4.78 is 5.49. The molecule has 0 radical (unpaired) electrons. The van der Waals surface area contributed by atoms with Crippen molar-refractivity contribution in [3.8, 4) is 5.75 Å². The molecule has 0 spiro atoms. The second-order valence-electron chi connectivity index (χ2n) is 3.96. The molecule has 1 aliphatic carbocycles. The lowest BCUT2D eigenvalue weighted by Crippen LogP contribution is -2.01. The summed E-state index contributed by atoms with van der Waals surface area (Å²) in [5.74, 6) is 1.58. The van der Waals surface area contributed by atoms with Gasteiger partial charge in [-0.3, -0.25) is 0 Å². The van der Waals surface area contributed by atoms with E-state index in [0.29, 0.717) is 12.0 Å². The first-order chi connectivity index (χ1) is 6.72. The maximum atomic E-state index is 5.81. The first-order valence-electron chi connectivity index (χ1n) is 5.21. The lowest BCUT2D eigenvalue weighted by Gasteiger charge is -2.08. The van der Waals surface area contributed by atoms with Crippen LogP contribution in [0.5, 0.6) is 5.75 Å². The van der Waals surface area contributed by atoms with Crippen LogP contribution in [0.1, 0.15) is 30.4 Å². The van der Waals surface area contributed by atoms with Crippen molar-refractivity contribution < 1.29 is 4.74 Å². The maximum absolute atomic E-state index is 5.81. The highest BCUT2D eigenvalue weighted by Crippen LogP contribution is 2.40. The zero-order chi connectivity index (χ0) is 10.1. The summed E-state index contributed by atoms with van der Waals surface area (Å²) in [5, 5.41) is 0. The highest BCUT2D eigenvalue weighted by Gasteiger charge is 2.34. The Bertz CT molecular complexity index is 335. The molecule has 1 saturated carbocycles. The van der Waals surface area contributed by atoms with Crippen LogP contribution in [0.2, 0.25) is 0 Å². The molecule has 0 aliphatic heterocycles. The van der Waals surface area contributed by atoms with Gasteiger partial charge in [0.2, 0.25) is 0 Å². The summed E-state index contributed by atoms with van der Waals surface area (Å²) in [6, 6.07) is 6.77. The van der Waals surface area contributed by atoms with Gasteiger partial charge in [-0.25, -0.2) is 0 Å². The predicted octanol–water partition coefficient (Wildman–Crippen LogP) is 2.21. The second-order valence-corrected chi connectivity index (χ2v) is 3.96. The van der Waals surface area contributed by atoms with Gasteiger partial charge in [0.05, 0.1) is 6.61 Å². The van der Waals surface area contributed by atoms with Gasteiger partial charge in [-0.15, -0.1) is 0 Å². The molecule has 0 amide bonds. The molecule has 2 unspecified atom stereocenters. The average molecular weight is 191 g/mol. The Kier molecular flexibility index (Phi) is 2.46. The molecule has 2 nitrogen and oxygen atoms in total. The largest absolute Gasteiger partial charge is 0.494 e. The normalized spacial score (nSPS) is 24.8. The van der Waals surface area contributed by atoms with Crippen molar-refractivity contribution in [3.63, 3.8) is 0 Å². The predicted molar refractivity (Wildman–Crippen MR) is 57.7 cm³/mol. The van der Waals surface area contributed by atoms with Gasteiger partial charge in [0, 0.05) is 12.0 Å². The minimum atomic E-state index is 0.382. The third-order valence-corrected chi connectivity index (χ3v) is 2.77. The van der Waals surface area contributed by atoms with Crippen LogP contribution >= 0.6 is 0 Å². The van der Waals surface area contributed by atoms with Crippen LogP contribution in [0.3, 0.4) is 0 Å². The number of benzene rings is 1. The molecule has 14 heavy (non-hydrogen) atoms. The summed E-state index contributed by atoms with van der Waals surface area (Å²) in [6.07, 6.45) is 1.13. The quantitative estimate of drug-likeness (QED) is 0.795. The topological polar surface area (TPSA) is 35.2 Å². The fraction of sp³-hybridized carbons (Fsp3) is 0.500. The average Bonchev–Trinajstić information content (AvgIpc) is 2.87. The van der Waals surface area contributed by atoms with E-state index in [1.165, 1.54) is 11.1 Å². The van der Waals surface area contributed by atoms with Gasteiger partial charge in [0.15, 0.2) is 0 Å². The SMILES string of the molecule is CCOc1ccc(C2CC2N)cc1C. The van der Waals surface area contributed by atoms with Gasteiger partial charge >= 0.3 is 0 Å². The number of hydrogen-bond donors (Lipinski definition) is 1. The van der Waals surface area contributed by atoms with Crippen molar-refractivity contribution in [2.75, 3.05) is 6.61 Å². The van der Waals surface area contributed by atoms with Crippen LogP contribution in [-0.2, 0) is 0 Å². The van der Waals surface area contributed by atoms with E-state index in [-0.39, 0.29) is 0 Å². The van der Waals surface area contributed by atoms with Crippen molar-refractivity contribution in [2.45, 2.75) is 32.2 Å². The summed E-state index contributed by atoms with van der Waals surface area (Å²) in [4.78, 5) is 0. The Balaban J connectivity index is 2.18. The van der Waals surface area contributed by atoms with E-state index in [0.717, 1.165) is 18.8 Å². The van der Waals surface area contributed by atoms with Gasteiger partial charge < -0.3 is 10.5 Å². The van der Waals surface area contributed by atoms with Crippen molar-refractivity contribution in [2.24, 2.45) is 5.73 Å². The Labute approximate surface area is 85.1 Å². The van der Waals surface area contributed by atoms with Crippen molar-refractivity contribution >= 4 is 0 Å². The first-order valence-corrected chi connectivity index (χ1v) is 5.21. The molecule has 1 aromatic carbocycles. The molecule has 2 rings (SSSR count). The Morgan fingerprint density at radius 2 is 2.21 bits per heavy atom. The molecule has 0 bridgehead atoms. The second kappa shape index (κ2) is 3.62. The summed E-state index contributed by atoms with van der Waals surface area (Å²) in [6.45, 7) is 4.82. The van der Waals surface area contributed by atoms with Gasteiger partial charge in [-0.1, -0.05) is 12.1 Å². The van der Waals surface area contributed by atoms with E-state index in [4.69, 9.17) is 10.5 Å². The van der Waals surface area contributed by atoms with Gasteiger partial charge in [-0.2, -0.15) is 0 Å². The van der Waals surface area contributed by atoms with Gasteiger partial charge in [0.25, 0.3) is 0 Å². The highest BCUT2D eigenvalue weighted by atomic mass is 16.5. The molecule has 2 heteroatoms. The van der Waals surface area contributed by atoms with Crippen LogP contribution in [0.25, 0.3) is 0 Å². The molecule has 0 heterocycles. The van der Waals surface area contributed by atoms with Gasteiger partial charge in [0.1, 0.15) is 5.75 Å². The van der Waals surface area contributed by atoms with E-state index in [1.807, 2.05) is 6.92 Å². The molecule has 1 fully saturated rings. The van der Waals surface area contributed by atoms with Crippen molar-refractivity contribution in [1.29, 1.82) is 0 Å². The molecule has 2 N–H and O–H groups in total. The third-order valence-electron chi connectivity index (χ3n) is 2.77. The smallest absolute Gasteiger partial charge is 0.122 e. The molecule has 1 aromatic rings. The first kappa shape index (κ1) is 9.53. The van der Waals surface area contributed by atoms with Crippen LogP contribution in [0.4, 0.5) is 0 Å². The van der Waals surface area contributed by atoms with Crippen LogP contribution in [0, 0.1) is 6.92 Å². The fourth-order valence-electron chi connectivity index (χ4n) is 1.82. The van der Waals surface area contributed by atoms with Gasteiger partial charge in [-0.05, 0) is 37.5 Å². The molecular formula is C12H17NO. The monoisotopic (exact) mass is 191 g/mol. The number of ether oxygens (including phenoxy) is 1. The Hall–Kier alpha value is -1.02. The zero-order valence-electron chi connectivity index (χ0n) is 8.79. The Morgan fingerprint density at radius 1 is 1.50 bits per heavy atom. The van der Waals surface area contributed by atoms with E-state index in [1.54, 1.807) is 0 Å². The minimum Gasteiger partial charge on any atom is -0.494 e. The summed E-state index contributed by atoms with van der Waals surface area (Å²) in [5.41, 5.74) is 8.39. The van der Waals surface area contributed by atoms with Crippen molar-refractivity contribution in [1.82, 2.24) is 0 Å². The molecule has 0 aromatic heterocycles. The number of nitrogens with two attached hydrogens (primary N) is 1. The summed E-state index contributed by atoms with van der Waals surface area (Å²) in [7, 11) is 0. The molecule has 76 valence electrons. The molecule has 2 atom stereocenters. The molecule has 0 saturated heterocycles. The standard InChI is InChI=1S/C12H17NO/c1-3-14-12-5-4-9(6-8(12)2)10-7-11(10)13/h4-6,10-11H,3,7,13H2,1-2H3. The fourth-order valence-corrected chi connectivity index (χ4v) is 1.82. The minimum absolute atomic E-state index is 0.382. The molecule has 1 aliphatic rings. The van der Waals surface area contributed by atoms with Crippen molar-refractivity contribution in [3.05, 3.63) is 29.3 Å². The molecular weight excluding hydrogens is 174 g/mol. The summed E-state index contributed by atoms with van der Waals surface area (Å²) >= 11 is 0. The van der Waals surface area contributed by atoms with Crippen LogP contribution in [0.15, 0.2) is 18.2 Å². The van der Waals surface area contributed by atoms with E-state index < -0.39 is 0 Å². The van der Waals surface area contributed by atoms with E-state index in [9.17, 15) is 0 Å². The lowest BCUT2D eigenvalue weighted by molar-refractivity contribution is 0.338. The number of rotatable bonds is 3. The van der Waals surface area contributed by atoms with E-state index in [2.05, 4.69) is 25.1 Å².